The largest absolute Gasteiger partial charge is 0.456 e. The Labute approximate surface area is 154 Å². The third kappa shape index (κ3) is 3.83. The lowest BCUT2D eigenvalue weighted by atomic mass is 10.2. The molecule has 0 spiro atoms. The van der Waals surface area contributed by atoms with Crippen molar-refractivity contribution in [1.29, 1.82) is 0 Å². The topological polar surface area (TPSA) is 102 Å². The average Bonchev–Trinajstić information content (AvgIpc) is 3.21. The lowest BCUT2D eigenvalue weighted by molar-refractivity contribution is -0.140. The molecule has 1 aromatic carbocycles. The standard InChI is InChI=1S/C17H16N2O5S2/c1-2-11-7-8-14(25-11)13(20)10-24-16(21)9-18-17-12-5-3-4-6-15(12)26(22,23)19-17/h3-8H,2,9-10H2,1H3,(H,18,19). The van der Waals surface area contributed by atoms with Crippen molar-refractivity contribution >= 4 is 38.9 Å². The number of ketones is 1. The van der Waals surface area contributed by atoms with Gasteiger partial charge in [-0.1, -0.05) is 19.1 Å². The number of benzene rings is 1. The first kappa shape index (κ1) is 18.3. The quantitative estimate of drug-likeness (QED) is 0.596. The monoisotopic (exact) mass is 392 g/mol. The molecule has 0 fully saturated rings. The van der Waals surface area contributed by atoms with E-state index >= 15 is 0 Å². The van der Waals surface area contributed by atoms with E-state index in [-0.39, 0.29) is 29.7 Å². The summed E-state index contributed by atoms with van der Waals surface area (Å²) in [4.78, 5) is 29.5. The Morgan fingerprint density at radius 1 is 1.19 bits per heavy atom. The second-order valence-corrected chi connectivity index (χ2v) is 8.29. The number of sulfonamides is 1. The van der Waals surface area contributed by atoms with E-state index in [1.165, 1.54) is 17.4 Å². The number of thiophene rings is 1. The van der Waals surface area contributed by atoms with Gasteiger partial charge in [-0.15, -0.1) is 11.3 Å². The number of carbonyl (C=O) groups excluding carboxylic acids is 2. The van der Waals surface area contributed by atoms with Crippen LogP contribution in [0.5, 0.6) is 0 Å². The van der Waals surface area contributed by atoms with Crippen LogP contribution in [0, 0.1) is 0 Å². The SMILES string of the molecule is CCc1ccc(C(=O)COC(=O)CN=C2NS(=O)(=O)c3ccccc32)s1. The van der Waals surface area contributed by atoms with Gasteiger partial charge in [-0.2, -0.15) is 0 Å². The van der Waals surface area contributed by atoms with Crippen LogP contribution < -0.4 is 4.72 Å². The maximum Gasteiger partial charge on any atom is 0.328 e. The number of amidine groups is 1. The molecular weight excluding hydrogens is 376 g/mol. The number of rotatable bonds is 6. The number of Topliss-reactive ketones (excluding diaryl/α,β-unsaturated/α-hetero) is 1. The van der Waals surface area contributed by atoms with Crippen LogP contribution in [-0.2, 0) is 26.0 Å². The first-order chi connectivity index (χ1) is 12.4. The molecule has 7 nitrogen and oxygen atoms in total. The normalized spacial score (nSPS) is 16.1. The zero-order chi connectivity index (χ0) is 18.7. The summed E-state index contributed by atoms with van der Waals surface area (Å²) in [5, 5.41) is 0. The Kier molecular flexibility index (Phi) is 5.19. The van der Waals surface area contributed by atoms with Crippen LogP contribution in [0.4, 0.5) is 0 Å². The summed E-state index contributed by atoms with van der Waals surface area (Å²) in [5.74, 6) is -0.890. The Morgan fingerprint density at radius 2 is 1.96 bits per heavy atom. The Bertz CT molecular complexity index is 992. The van der Waals surface area contributed by atoms with Gasteiger partial charge in [0, 0.05) is 10.4 Å². The minimum Gasteiger partial charge on any atom is -0.456 e. The number of ether oxygens (including phenoxy) is 1. The van der Waals surface area contributed by atoms with Crippen molar-refractivity contribution in [3.8, 4) is 0 Å². The highest BCUT2D eigenvalue weighted by atomic mass is 32.2. The van der Waals surface area contributed by atoms with E-state index < -0.39 is 16.0 Å². The summed E-state index contributed by atoms with van der Waals surface area (Å²) in [7, 11) is -3.65. The van der Waals surface area contributed by atoms with Crippen molar-refractivity contribution < 1.29 is 22.7 Å². The lowest BCUT2D eigenvalue weighted by Crippen LogP contribution is -2.24. The van der Waals surface area contributed by atoms with E-state index in [0.717, 1.165) is 11.3 Å². The van der Waals surface area contributed by atoms with Crippen LogP contribution in [0.3, 0.4) is 0 Å². The van der Waals surface area contributed by atoms with Crippen molar-refractivity contribution in [1.82, 2.24) is 4.72 Å². The first-order valence-corrected chi connectivity index (χ1v) is 10.1. The zero-order valence-corrected chi connectivity index (χ0v) is 15.5. The number of esters is 1. The molecular formula is C17H16N2O5S2. The highest BCUT2D eigenvalue weighted by Gasteiger charge is 2.30. The van der Waals surface area contributed by atoms with Gasteiger partial charge >= 0.3 is 5.97 Å². The molecule has 2 aromatic rings. The van der Waals surface area contributed by atoms with Crippen molar-refractivity contribution in [2.24, 2.45) is 4.99 Å². The molecule has 1 aliphatic rings. The summed E-state index contributed by atoms with van der Waals surface area (Å²) in [5.41, 5.74) is 0.405. The number of hydrogen-bond donors (Lipinski definition) is 1. The molecule has 0 saturated carbocycles. The molecule has 9 heteroatoms. The van der Waals surface area contributed by atoms with E-state index in [2.05, 4.69) is 9.71 Å². The van der Waals surface area contributed by atoms with E-state index in [4.69, 9.17) is 4.74 Å². The van der Waals surface area contributed by atoms with Crippen LogP contribution in [0.25, 0.3) is 0 Å². The number of fused-ring (bicyclic) bond motifs is 1. The van der Waals surface area contributed by atoms with Gasteiger partial charge in [0.05, 0.1) is 9.77 Å². The molecule has 0 atom stereocenters. The molecule has 1 N–H and O–H groups in total. The predicted molar refractivity (Wildman–Crippen MR) is 97.2 cm³/mol. The number of nitrogens with one attached hydrogen (secondary N) is 1. The predicted octanol–water partition coefficient (Wildman–Crippen LogP) is 1.78. The van der Waals surface area contributed by atoms with Gasteiger partial charge in [-0.25, -0.2) is 8.42 Å². The van der Waals surface area contributed by atoms with E-state index in [1.54, 1.807) is 24.3 Å². The molecule has 0 amide bonds. The van der Waals surface area contributed by atoms with Crippen molar-refractivity contribution in [2.75, 3.05) is 13.2 Å². The number of carbonyl (C=O) groups is 2. The van der Waals surface area contributed by atoms with E-state index in [9.17, 15) is 18.0 Å². The number of nitrogens with zero attached hydrogens (tertiary/aromatic N) is 1. The molecule has 0 radical (unpaired) electrons. The van der Waals surface area contributed by atoms with Crippen molar-refractivity contribution in [3.63, 3.8) is 0 Å². The summed E-state index contributed by atoms with van der Waals surface area (Å²) in [6.07, 6.45) is 0.840. The van der Waals surface area contributed by atoms with Gasteiger partial charge in [-0.05, 0) is 30.7 Å². The van der Waals surface area contributed by atoms with Gasteiger partial charge in [0.1, 0.15) is 12.4 Å². The third-order valence-electron chi connectivity index (χ3n) is 3.68. The van der Waals surface area contributed by atoms with Gasteiger partial charge in [0.15, 0.2) is 6.61 Å². The fourth-order valence-electron chi connectivity index (χ4n) is 2.38. The van der Waals surface area contributed by atoms with Gasteiger partial charge in [0.25, 0.3) is 10.0 Å². The molecule has 0 unspecified atom stereocenters. The Balaban J connectivity index is 1.59. The van der Waals surface area contributed by atoms with E-state index in [0.29, 0.717) is 10.4 Å². The summed E-state index contributed by atoms with van der Waals surface area (Å²) >= 11 is 1.37. The minimum atomic E-state index is -3.65. The molecule has 0 aliphatic carbocycles. The molecule has 1 aromatic heterocycles. The fraction of sp³-hybridized carbons (Fsp3) is 0.235. The van der Waals surface area contributed by atoms with E-state index in [1.807, 2.05) is 13.0 Å². The smallest absolute Gasteiger partial charge is 0.328 e. The molecule has 136 valence electrons. The molecule has 1 aliphatic heterocycles. The van der Waals surface area contributed by atoms with Gasteiger partial charge in [0.2, 0.25) is 5.78 Å². The van der Waals surface area contributed by atoms with Crippen molar-refractivity contribution in [3.05, 3.63) is 51.7 Å². The fourth-order valence-corrected chi connectivity index (χ4v) is 4.50. The molecule has 3 rings (SSSR count). The average molecular weight is 392 g/mol. The Hall–Kier alpha value is -2.52. The van der Waals surface area contributed by atoms with Crippen LogP contribution in [0.1, 0.15) is 27.0 Å². The highest BCUT2D eigenvalue weighted by molar-refractivity contribution is 7.90. The zero-order valence-electron chi connectivity index (χ0n) is 13.9. The van der Waals surface area contributed by atoms with Crippen LogP contribution >= 0.6 is 11.3 Å². The third-order valence-corrected chi connectivity index (χ3v) is 6.35. The number of hydrogen-bond acceptors (Lipinski definition) is 7. The van der Waals surface area contributed by atoms with Gasteiger partial charge < -0.3 is 4.74 Å². The van der Waals surface area contributed by atoms with Crippen LogP contribution in [0.2, 0.25) is 0 Å². The molecule has 26 heavy (non-hydrogen) atoms. The maximum atomic E-state index is 12.0. The lowest BCUT2D eigenvalue weighted by Gasteiger charge is -2.02. The molecule has 0 bridgehead atoms. The molecule has 0 saturated heterocycles. The molecule has 2 heterocycles. The first-order valence-electron chi connectivity index (χ1n) is 7.85. The minimum absolute atomic E-state index is 0.0923. The highest BCUT2D eigenvalue weighted by Crippen LogP contribution is 2.22. The van der Waals surface area contributed by atoms with Crippen LogP contribution in [0.15, 0.2) is 46.3 Å². The number of aryl methyl sites for hydroxylation is 1. The number of aliphatic imine (C=N–C) groups is 1. The van der Waals surface area contributed by atoms with Crippen molar-refractivity contribution in [2.45, 2.75) is 18.2 Å². The second kappa shape index (κ2) is 7.38. The maximum absolute atomic E-state index is 12.0. The summed E-state index contributed by atoms with van der Waals surface area (Å²) in [6.45, 7) is 1.24. The summed E-state index contributed by atoms with van der Waals surface area (Å²) in [6, 6.07) is 9.93. The Morgan fingerprint density at radius 3 is 2.69 bits per heavy atom. The van der Waals surface area contributed by atoms with Crippen LogP contribution in [-0.4, -0.2) is 39.2 Å². The van der Waals surface area contributed by atoms with Gasteiger partial charge in [-0.3, -0.25) is 19.3 Å². The summed E-state index contributed by atoms with van der Waals surface area (Å²) < 4.78 is 31.1. The second-order valence-electron chi connectivity index (χ2n) is 5.47.